The van der Waals surface area contributed by atoms with Crippen LogP contribution < -0.4 is 10.6 Å². The summed E-state index contributed by atoms with van der Waals surface area (Å²) in [5.74, 6) is -0.346. The average molecular weight is 910 g/mol. The van der Waals surface area contributed by atoms with E-state index in [0.717, 1.165) is 109 Å². The van der Waals surface area contributed by atoms with Gasteiger partial charge < -0.3 is 29.0 Å². The smallest absolute Gasteiger partial charge is 0.390 e. The molecule has 2 saturated heterocycles. The highest BCUT2D eigenvalue weighted by molar-refractivity contribution is 6.10. The summed E-state index contributed by atoms with van der Waals surface area (Å²) in [5, 5.41) is 18.3. The molecule has 2 aliphatic heterocycles. The largest absolute Gasteiger partial charge is 0.393 e. The first-order valence-corrected chi connectivity index (χ1v) is 23.3. The third kappa shape index (κ3) is 10.7. The van der Waals surface area contributed by atoms with E-state index in [1.165, 1.54) is 5.56 Å². The van der Waals surface area contributed by atoms with Crippen molar-refractivity contribution in [1.82, 2.24) is 39.2 Å². The number of carbonyl (C=O) groups excluding carboxylic acids is 2. The van der Waals surface area contributed by atoms with Gasteiger partial charge in [-0.1, -0.05) is 42.5 Å². The van der Waals surface area contributed by atoms with Gasteiger partial charge in [-0.3, -0.25) is 24.7 Å². The Bertz CT molecular complexity index is 2620. The van der Waals surface area contributed by atoms with Crippen molar-refractivity contribution in [1.29, 1.82) is 0 Å². The number of carbonyl (C=O) groups is 2. The molecule has 6 aromatic rings. The van der Waals surface area contributed by atoms with Gasteiger partial charge in [0.05, 0.1) is 37.9 Å². The number of imide groups is 1. The normalized spacial score (nSPS) is 20.2. The van der Waals surface area contributed by atoms with Crippen molar-refractivity contribution in [2.45, 2.75) is 88.7 Å². The van der Waals surface area contributed by atoms with Crippen molar-refractivity contribution in [3.8, 4) is 11.1 Å². The number of benzene rings is 2. The highest BCUT2D eigenvalue weighted by Gasteiger charge is 2.32. The van der Waals surface area contributed by atoms with Crippen LogP contribution in [0.15, 0.2) is 73.2 Å². The first kappa shape index (κ1) is 45.7. The van der Waals surface area contributed by atoms with E-state index in [2.05, 4.69) is 71.5 Å². The average Bonchev–Trinajstić information content (AvgIpc) is 3.85. The Hall–Kier alpha value is -5.46. The minimum atomic E-state index is -4.26. The van der Waals surface area contributed by atoms with Gasteiger partial charge in [0.15, 0.2) is 0 Å². The number of ether oxygens (including phenoxy) is 2. The molecule has 350 valence electrons. The Kier molecular flexibility index (Phi) is 14.3. The molecule has 1 saturated carbocycles. The Morgan fingerprint density at radius 1 is 0.833 bits per heavy atom. The lowest BCUT2D eigenvalue weighted by Gasteiger charge is -2.34. The number of piperazine rings is 1. The number of hydrogen-bond acceptors (Lipinski definition) is 11. The van der Waals surface area contributed by atoms with Crippen molar-refractivity contribution in [2.24, 2.45) is 0 Å². The van der Waals surface area contributed by atoms with Gasteiger partial charge in [-0.05, 0) is 73.8 Å². The molecule has 2 amide bonds. The number of hydrogen-bond donors (Lipinski definition) is 3. The van der Waals surface area contributed by atoms with Crippen LogP contribution in [0.2, 0.25) is 0 Å². The number of aryl methyl sites for hydroxylation is 1. The fraction of sp³-hybridized carbons (Fsp3) is 0.490. The van der Waals surface area contributed by atoms with Gasteiger partial charge in [-0.25, -0.2) is 9.97 Å². The molecule has 1 atom stereocenters. The molecule has 0 bridgehead atoms. The van der Waals surface area contributed by atoms with E-state index in [9.17, 15) is 27.9 Å². The Labute approximate surface area is 381 Å². The number of nitrogens with zero attached hydrogens (tertiary/aromatic N) is 7. The number of alkyl halides is 3. The van der Waals surface area contributed by atoms with E-state index in [1.807, 2.05) is 28.8 Å². The molecule has 4 aromatic heterocycles. The molecule has 2 aromatic carbocycles. The lowest BCUT2D eigenvalue weighted by Crippen LogP contribution is -2.46. The first-order valence-electron chi connectivity index (χ1n) is 23.3. The summed E-state index contributed by atoms with van der Waals surface area (Å²) in [5.41, 5.74) is 6.77. The molecule has 0 radical (unpaired) electrons. The molecule has 6 heterocycles. The topological polar surface area (TPSA) is 152 Å². The van der Waals surface area contributed by atoms with E-state index < -0.39 is 18.6 Å². The summed E-state index contributed by atoms with van der Waals surface area (Å²) >= 11 is 0. The number of rotatable bonds is 18. The van der Waals surface area contributed by atoms with Crippen LogP contribution in [0.5, 0.6) is 0 Å². The predicted octanol–water partition coefficient (Wildman–Crippen LogP) is 7.20. The van der Waals surface area contributed by atoms with Crippen LogP contribution in [-0.4, -0.2) is 129 Å². The number of aliphatic hydroxyl groups excluding tert-OH is 1. The Morgan fingerprint density at radius 2 is 1.59 bits per heavy atom. The number of piperidine rings is 1. The Balaban J connectivity index is 0.699. The van der Waals surface area contributed by atoms with Gasteiger partial charge >= 0.3 is 6.18 Å². The highest BCUT2D eigenvalue weighted by Crippen LogP contribution is 2.38. The third-order valence-electron chi connectivity index (χ3n) is 13.3. The number of para-hydroxylation sites is 1. The summed E-state index contributed by atoms with van der Waals surface area (Å²) in [6.45, 7) is 7.61. The molecule has 14 nitrogen and oxygen atoms in total. The number of pyridine rings is 1. The standard InChI is InChI=1S/C49H58F3N9O5/c50-49(51,52)18-20-54-48-55-30-39-40(32-60(45(39)57-48)36-11-13-37(62)14-12-36)34-9-7-33(8-10-34)31-59-23-21-58(22-24-59)25-27-66-29-28-65-26-3-4-35-17-19-53-46-44(35)38-5-1-2-6-41(38)61(46)42-15-16-43(63)56-47(42)64/h1-2,5-10,17,19,30,32,36-37,42,62H,3-4,11-16,18,20-29,31H2,(H,54,55,57)(H,56,63,64)/t36?,37?,42-/m0/s1. The summed E-state index contributed by atoms with van der Waals surface area (Å²) in [6.07, 6.45) is 5.43. The van der Waals surface area contributed by atoms with Crippen LogP contribution in [-0.2, 0) is 32.0 Å². The molecule has 66 heavy (non-hydrogen) atoms. The number of anilines is 1. The van der Waals surface area contributed by atoms with E-state index in [0.29, 0.717) is 57.8 Å². The zero-order chi connectivity index (χ0) is 45.6. The van der Waals surface area contributed by atoms with Crippen molar-refractivity contribution < 1.29 is 37.3 Å². The van der Waals surface area contributed by atoms with Crippen LogP contribution in [0.1, 0.15) is 74.6 Å². The van der Waals surface area contributed by atoms with Crippen molar-refractivity contribution in [3.63, 3.8) is 0 Å². The van der Waals surface area contributed by atoms with Gasteiger partial charge in [-0.2, -0.15) is 18.2 Å². The Morgan fingerprint density at radius 3 is 2.36 bits per heavy atom. The maximum Gasteiger partial charge on any atom is 0.390 e. The molecule has 9 rings (SSSR count). The second-order valence-electron chi connectivity index (χ2n) is 17.8. The molecule has 3 aliphatic rings. The van der Waals surface area contributed by atoms with Gasteiger partial charge in [0.2, 0.25) is 17.8 Å². The van der Waals surface area contributed by atoms with Crippen molar-refractivity contribution in [3.05, 3.63) is 84.3 Å². The number of amides is 2. The second kappa shape index (κ2) is 20.6. The van der Waals surface area contributed by atoms with Gasteiger partial charge in [0, 0.05) is 105 Å². The van der Waals surface area contributed by atoms with Crippen LogP contribution in [0.25, 0.3) is 44.1 Å². The predicted molar refractivity (Wildman–Crippen MR) is 246 cm³/mol. The lowest BCUT2D eigenvalue weighted by molar-refractivity contribution is -0.135. The summed E-state index contributed by atoms with van der Waals surface area (Å²) in [7, 11) is 0. The number of nitrogens with one attached hydrogen (secondary N) is 2. The van der Waals surface area contributed by atoms with E-state index in [1.54, 1.807) is 12.4 Å². The van der Waals surface area contributed by atoms with Crippen LogP contribution in [0.4, 0.5) is 19.1 Å². The molecule has 3 fully saturated rings. The maximum atomic E-state index is 12.9. The zero-order valence-corrected chi connectivity index (χ0v) is 37.1. The molecule has 3 N–H and O–H groups in total. The van der Waals surface area contributed by atoms with E-state index in [4.69, 9.17) is 14.5 Å². The summed E-state index contributed by atoms with van der Waals surface area (Å²) < 4.78 is 54.4. The van der Waals surface area contributed by atoms with Crippen molar-refractivity contribution >= 4 is 50.7 Å². The molecular formula is C49H58F3N9O5. The van der Waals surface area contributed by atoms with Crippen LogP contribution >= 0.6 is 0 Å². The summed E-state index contributed by atoms with van der Waals surface area (Å²) in [6, 6.07) is 18.3. The van der Waals surface area contributed by atoms with Gasteiger partial charge in [0.25, 0.3) is 0 Å². The van der Waals surface area contributed by atoms with Crippen molar-refractivity contribution in [2.75, 3.05) is 71.0 Å². The molecule has 1 aliphatic carbocycles. The van der Waals surface area contributed by atoms with Crippen LogP contribution in [0, 0.1) is 0 Å². The second-order valence-corrected chi connectivity index (χ2v) is 17.8. The SMILES string of the molecule is O=C1CC[C@H](n2c3ccccc3c3c(CCCOCCOCCN4CCN(Cc5ccc(-c6cn(C7CCC(O)CC7)c7nc(NCCC(F)(F)F)ncc67)cc5)CC4)ccnc32)C(=O)N1. The quantitative estimate of drug-likeness (QED) is 0.0593. The van der Waals surface area contributed by atoms with E-state index >= 15 is 0 Å². The first-order chi connectivity index (χ1) is 32.1. The number of aliphatic hydroxyl groups is 1. The molecular weight excluding hydrogens is 852 g/mol. The maximum absolute atomic E-state index is 12.9. The minimum absolute atomic E-state index is 0.133. The fourth-order valence-corrected chi connectivity index (χ4v) is 9.80. The lowest BCUT2D eigenvalue weighted by atomic mass is 9.93. The molecule has 17 heteroatoms. The number of fused-ring (bicyclic) bond motifs is 4. The highest BCUT2D eigenvalue weighted by atomic mass is 19.4. The van der Waals surface area contributed by atoms with Gasteiger partial charge in [-0.15, -0.1) is 0 Å². The third-order valence-corrected chi connectivity index (χ3v) is 13.3. The number of aromatic nitrogens is 5. The van der Waals surface area contributed by atoms with Crippen LogP contribution in [0.3, 0.4) is 0 Å². The molecule has 0 spiro atoms. The molecule has 0 unspecified atom stereocenters. The fourth-order valence-electron chi connectivity index (χ4n) is 9.80. The minimum Gasteiger partial charge on any atom is -0.393 e. The zero-order valence-electron chi connectivity index (χ0n) is 37.1. The monoisotopic (exact) mass is 909 g/mol. The van der Waals surface area contributed by atoms with E-state index in [-0.39, 0.29) is 36.5 Å². The number of halogens is 3. The van der Waals surface area contributed by atoms with Gasteiger partial charge in [0.1, 0.15) is 17.3 Å². The summed E-state index contributed by atoms with van der Waals surface area (Å²) in [4.78, 5) is 43.4.